The van der Waals surface area contributed by atoms with Crippen LogP contribution in [0.15, 0.2) is 59.0 Å². The van der Waals surface area contributed by atoms with Crippen LogP contribution < -0.4 is 9.64 Å². The van der Waals surface area contributed by atoms with Crippen LogP contribution in [0.5, 0.6) is 5.75 Å². The Balaban J connectivity index is 1.35. The molecule has 0 atom stereocenters. The normalized spacial score (nSPS) is 13.9. The fraction of sp³-hybridized carbons (Fsp3) is 0.208. The molecule has 1 aliphatic heterocycles. The number of nitriles is 1. The van der Waals surface area contributed by atoms with Crippen molar-refractivity contribution in [2.24, 2.45) is 0 Å². The Hall–Kier alpha value is -4.12. The lowest BCUT2D eigenvalue weighted by Crippen LogP contribution is -2.50. The van der Waals surface area contributed by atoms with Crippen LogP contribution in [0.3, 0.4) is 0 Å². The Morgan fingerprint density at radius 3 is 2.53 bits per heavy atom. The van der Waals surface area contributed by atoms with Gasteiger partial charge in [0, 0.05) is 32.3 Å². The second-order valence-corrected chi connectivity index (χ2v) is 7.15. The van der Waals surface area contributed by atoms with Crippen LogP contribution in [0.25, 0.3) is 12.2 Å². The summed E-state index contributed by atoms with van der Waals surface area (Å²) in [5, 5.41) is 9.45. The van der Waals surface area contributed by atoms with Gasteiger partial charge in [-0.25, -0.2) is 4.39 Å². The van der Waals surface area contributed by atoms with Crippen molar-refractivity contribution in [3.63, 3.8) is 0 Å². The zero-order valence-electron chi connectivity index (χ0n) is 17.3. The summed E-state index contributed by atoms with van der Waals surface area (Å²) in [5.74, 6) is 0.0667. The van der Waals surface area contributed by atoms with Crippen molar-refractivity contribution in [1.82, 2.24) is 9.88 Å². The maximum Gasteiger partial charge on any atom is 0.260 e. The molecule has 1 amide bonds. The maximum absolute atomic E-state index is 13.6. The van der Waals surface area contributed by atoms with Crippen molar-refractivity contribution >= 4 is 23.9 Å². The number of anilines is 1. The highest BCUT2D eigenvalue weighted by molar-refractivity contribution is 5.78. The molecule has 7 nitrogen and oxygen atoms in total. The average molecular weight is 432 g/mol. The number of carbonyl (C=O) groups excluding carboxylic acids is 1. The van der Waals surface area contributed by atoms with Crippen molar-refractivity contribution in [3.05, 3.63) is 77.6 Å². The van der Waals surface area contributed by atoms with Crippen LogP contribution in [0, 0.1) is 17.1 Å². The summed E-state index contributed by atoms with van der Waals surface area (Å²) in [4.78, 5) is 20.2. The largest absolute Gasteiger partial charge is 0.481 e. The Labute approximate surface area is 185 Å². The summed E-state index contributed by atoms with van der Waals surface area (Å²) >= 11 is 0. The van der Waals surface area contributed by atoms with Gasteiger partial charge in [0.25, 0.3) is 5.91 Å². The lowest BCUT2D eigenvalue weighted by molar-refractivity contribution is -0.133. The number of aromatic nitrogens is 1. The fourth-order valence-corrected chi connectivity index (χ4v) is 3.37. The number of rotatable bonds is 6. The third kappa shape index (κ3) is 4.95. The Morgan fingerprint density at radius 1 is 1.09 bits per heavy atom. The van der Waals surface area contributed by atoms with Crippen LogP contribution in [-0.4, -0.2) is 48.6 Å². The van der Waals surface area contributed by atoms with Gasteiger partial charge >= 0.3 is 0 Å². The number of carbonyl (C=O) groups is 1. The Bertz CT molecular complexity index is 1150. The minimum absolute atomic E-state index is 0.0518. The number of halogens is 1. The monoisotopic (exact) mass is 432 g/mol. The highest BCUT2D eigenvalue weighted by Crippen LogP contribution is 2.24. The van der Waals surface area contributed by atoms with Crippen LogP contribution in [0.1, 0.15) is 17.1 Å². The Kier molecular flexibility index (Phi) is 6.46. The first-order valence-electron chi connectivity index (χ1n) is 10.2. The van der Waals surface area contributed by atoms with Crippen molar-refractivity contribution < 1.29 is 18.3 Å². The van der Waals surface area contributed by atoms with Gasteiger partial charge in [-0.2, -0.15) is 10.2 Å². The van der Waals surface area contributed by atoms with Gasteiger partial charge in [0.2, 0.25) is 17.5 Å². The molecule has 0 saturated carbocycles. The molecule has 3 aromatic rings. The van der Waals surface area contributed by atoms with E-state index >= 15 is 0 Å². The van der Waals surface area contributed by atoms with Gasteiger partial charge in [-0.05, 0) is 23.8 Å². The van der Waals surface area contributed by atoms with Crippen LogP contribution in [0.4, 0.5) is 10.3 Å². The maximum atomic E-state index is 13.6. The molecule has 1 aromatic heterocycles. The number of hydrogen-bond acceptors (Lipinski definition) is 6. The molecular weight excluding hydrogens is 411 g/mol. The summed E-state index contributed by atoms with van der Waals surface area (Å²) in [6.07, 6.45) is 3.59. The number of amides is 1. The lowest BCUT2D eigenvalue weighted by Gasteiger charge is -2.34. The van der Waals surface area contributed by atoms with Crippen molar-refractivity contribution in [2.75, 3.05) is 37.7 Å². The predicted octanol–water partition coefficient (Wildman–Crippen LogP) is 3.58. The number of ether oxygens (including phenoxy) is 1. The number of benzene rings is 2. The molecule has 0 aliphatic carbocycles. The quantitative estimate of drug-likeness (QED) is 0.592. The smallest absolute Gasteiger partial charge is 0.260 e. The molecule has 8 heteroatoms. The summed E-state index contributed by atoms with van der Waals surface area (Å²) < 4.78 is 24.8. The molecular formula is C24H21FN4O3. The highest BCUT2D eigenvalue weighted by atomic mass is 19.1. The zero-order chi connectivity index (χ0) is 22.3. The molecule has 0 bridgehead atoms. The van der Waals surface area contributed by atoms with Gasteiger partial charge in [0.05, 0.1) is 0 Å². The van der Waals surface area contributed by atoms with Crippen LogP contribution >= 0.6 is 0 Å². The summed E-state index contributed by atoms with van der Waals surface area (Å²) in [6.45, 7) is 1.59. The molecule has 2 heterocycles. The van der Waals surface area contributed by atoms with Crippen molar-refractivity contribution in [2.45, 2.75) is 0 Å². The van der Waals surface area contributed by atoms with Crippen LogP contribution in [0.2, 0.25) is 0 Å². The second-order valence-electron chi connectivity index (χ2n) is 7.15. The molecule has 1 saturated heterocycles. The number of oxazole rings is 1. The first-order valence-corrected chi connectivity index (χ1v) is 10.2. The van der Waals surface area contributed by atoms with E-state index in [4.69, 9.17) is 9.15 Å². The fourth-order valence-electron chi connectivity index (χ4n) is 3.37. The molecule has 32 heavy (non-hydrogen) atoms. The Morgan fingerprint density at radius 2 is 1.81 bits per heavy atom. The number of piperazine rings is 1. The first kappa shape index (κ1) is 21.1. The molecule has 2 aromatic carbocycles. The average Bonchev–Trinajstić information content (AvgIpc) is 3.26. The van der Waals surface area contributed by atoms with Gasteiger partial charge in [-0.3, -0.25) is 4.79 Å². The van der Waals surface area contributed by atoms with Crippen molar-refractivity contribution in [1.29, 1.82) is 5.26 Å². The van der Waals surface area contributed by atoms with Gasteiger partial charge in [0.15, 0.2) is 18.2 Å². The van der Waals surface area contributed by atoms with E-state index in [0.29, 0.717) is 38.0 Å². The topological polar surface area (TPSA) is 82.6 Å². The van der Waals surface area contributed by atoms with E-state index < -0.39 is 5.82 Å². The highest BCUT2D eigenvalue weighted by Gasteiger charge is 2.26. The van der Waals surface area contributed by atoms with Crippen LogP contribution in [-0.2, 0) is 4.79 Å². The summed E-state index contributed by atoms with van der Waals surface area (Å²) in [7, 11) is 0. The molecule has 4 rings (SSSR count). The van der Waals surface area contributed by atoms with E-state index in [1.807, 2.05) is 41.3 Å². The minimum atomic E-state index is -0.503. The van der Waals surface area contributed by atoms with Gasteiger partial charge in [0.1, 0.15) is 6.07 Å². The molecule has 0 N–H and O–H groups in total. The van der Waals surface area contributed by atoms with E-state index in [9.17, 15) is 14.4 Å². The third-order valence-electron chi connectivity index (χ3n) is 5.06. The number of nitrogens with zero attached hydrogens (tertiary/aromatic N) is 4. The predicted molar refractivity (Wildman–Crippen MR) is 117 cm³/mol. The molecule has 1 fully saturated rings. The van der Waals surface area contributed by atoms with Gasteiger partial charge in [-0.1, -0.05) is 42.5 Å². The molecule has 0 spiro atoms. The summed E-state index contributed by atoms with van der Waals surface area (Å²) in [6, 6.07) is 17.8. The van der Waals surface area contributed by atoms with E-state index in [-0.39, 0.29) is 24.0 Å². The second kappa shape index (κ2) is 9.79. The van der Waals surface area contributed by atoms with E-state index in [1.165, 1.54) is 12.1 Å². The van der Waals surface area contributed by atoms with Gasteiger partial charge < -0.3 is 19.0 Å². The van der Waals surface area contributed by atoms with E-state index in [2.05, 4.69) is 11.1 Å². The van der Waals surface area contributed by atoms with E-state index in [1.54, 1.807) is 23.1 Å². The lowest BCUT2D eigenvalue weighted by atomic mass is 10.2. The first-order chi connectivity index (χ1) is 15.6. The number of hydrogen-bond donors (Lipinski definition) is 0. The molecule has 1 aliphatic rings. The minimum Gasteiger partial charge on any atom is -0.481 e. The third-order valence-corrected chi connectivity index (χ3v) is 5.06. The standard InChI is InChI=1S/C24H21FN4O3/c25-19-8-4-5-9-21(19)31-17-23(30)28-12-14-29(15-13-28)24-20(16-26)27-22(32-24)11-10-18-6-2-1-3-7-18/h1-11H,12-15,17H2/b11-10+. The van der Waals surface area contributed by atoms with Crippen molar-refractivity contribution in [3.8, 4) is 11.8 Å². The van der Waals surface area contributed by atoms with E-state index in [0.717, 1.165) is 5.56 Å². The number of para-hydroxylation sites is 1. The van der Waals surface area contributed by atoms with Gasteiger partial charge in [-0.15, -0.1) is 0 Å². The molecule has 162 valence electrons. The zero-order valence-corrected chi connectivity index (χ0v) is 17.3. The SMILES string of the molecule is N#Cc1nc(/C=C/c2ccccc2)oc1N1CCN(C(=O)COc2ccccc2F)CC1. The molecule has 0 radical (unpaired) electrons. The molecule has 0 unspecified atom stereocenters. The summed E-state index contributed by atoms with van der Waals surface area (Å²) in [5.41, 5.74) is 1.20.